The van der Waals surface area contributed by atoms with E-state index < -0.39 is 0 Å². The number of halogens is 3. The molecule has 0 aliphatic rings. The minimum absolute atomic E-state index is 0.244. The van der Waals surface area contributed by atoms with Gasteiger partial charge in [0.15, 0.2) is 5.13 Å². The van der Waals surface area contributed by atoms with Gasteiger partial charge in [-0.05, 0) is 59.0 Å². The maximum atomic E-state index is 13.0. The fourth-order valence-corrected chi connectivity index (χ4v) is 3.42. The molecule has 2 aromatic carbocycles. The Bertz CT molecular complexity index is 759. The van der Waals surface area contributed by atoms with Gasteiger partial charge < -0.3 is 5.32 Å². The molecule has 0 amide bonds. The van der Waals surface area contributed by atoms with Crippen molar-refractivity contribution in [3.8, 4) is 0 Å². The normalized spacial score (nSPS) is 10.9. The van der Waals surface area contributed by atoms with Gasteiger partial charge in [0.1, 0.15) is 5.82 Å². The fourth-order valence-electron chi connectivity index (χ4n) is 1.66. The standard InChI is InChI=1S/C13H7ClFIN2S/c14-7-1-3-11-12(5-7)19-13(18-11)17-10-4-2-8(15)6-9(10)16/h1-6H,(H,17,18). The molecule has 2 nitrogen and oxygen atoms in total. The topological polar surface area (TPSA) is 24.9 Å². The summed E-state index contributed by atoms with van der Waals surface area (Å²) in [6.45, 7) is 0. The molecule has 0 atom stereocenters. The monoisotopic (exact) mass is 404 g/mol. The Balaban J connectivity index is 1.96. The first-order valence-corrected chi connectivity index (χ1v) is 7.67. The van der Waals surface area contributed by atoms with Crippen LogP contribution in [0.1, 0.15) is 0 Å². The van der Waals surface area contributed by atoms with Crippen LogP contribution in [0, 0.1) is 9.39 Å². The van der Waals surface area contributed by atoms with E-state index in [4.69, 9.17) is 11.6 Å². The molecule has 0 aliphatic heterocycles. The average molecular weight is 405 g/mol. The van der Waals surface area contributed by atoms with Crippen LogP contribution in [-0.4, -0.2) is 4.98 Å². The van der Waals surface area contributed by atoms with Gasteiger partial charge in [-0.1, -0.05) is 22.9 Å². The van der Waals surface area contributed by atoms with Crippen LogP contribution in [0.3, 0.4) is 0 Å². The molecular formula is C13H7ClFIN2S. The molecule has 0 saturated carbocycles. The van der Waals surface area contributed by atoms with E-state index in [1.807, 2.05) is 18.2 Å². The molecule has 1 heterocycles. The highest BCUT2D eigenvalue weighted by atomic mass is 127. The summed E-state index contributed by atoms with van der Waals surface area (Å²) in [4.78, 5) is 4.46. The molecule has 0 unspecified atom stereocenters. The van der Waals surface area contributed by atoms with E-state index in [2.05, 4.69) is 32.9 Å². The number of aromatic nitrogens is 1. The summed E-state index contributed by atoms with van der Waals surface area (Å²) in [5.41, 5.74) is 1.74. The van der Waals surface area contributed by atoms with Gasteiger partial charge in [0, 0.05) is 8.59 Å². The molecule has 1 N–H and O–H groups in total. The lowest BCUT2D eigenvalue weighted by atomic mass is 10.3. The van der Waals surface area contributed by atoms with Crippen LogP contribution in [0.5, 0.6) is 0 Å². The molecule has 0 radical (unpaired) electrons. The van der Waals surface area contributed by atoms with Gasteiger partial charge in [-0.15, -0.1) is 0 Å². The first-order chi connectivity index (χ1) is 9.11. The Kier molecular flexibility index (Phi) is 3.60. The Morgan fingerprint density at radius 3 is 2.84 bits per heavy atom. The van der Waals surface area contributed by atoms with Crippen LogP contribution in [0.25, 0.3) is 10.2 Å². The lowest BCUT2D eigenvalue weighted by molar-refractivity contribution is 0.627. The third-order valence-electron chi connectivity index (χ3n) is 2.52. The molecule has 0 saturated heterocycles. The summed E-state index contributed by atoms with van der Waals surface area (Å²) in [6.07, 6.45) is 0. The minimum atomic E-state index is -0.244. The predicted octanol–water partition coefficient (Wildman–Crippen LogP) is 5.44. The van der Waals surface area contributed by atoms with Gasteiger partial charge in [0.25, 0.3) is 0 Å². The molecule has 3 aromatic rings. The van der Waals surface area contributed by atoms with Gasteiger partial charge in [0.05, 0.1) is 15.9 Å². The number of rotatable bonds is 2. The smallest absolute Gasteiger partial charge is 0.188 e. The summed E-state index contributed by atoms with van der Waals surface area (Å²) in [7, 11) is 0. The van der Waals surface area contributed by atoms with Crippen molar-refractivity contribution in [2.75, 3.05) is 5.32 Å². The van der Waals surface area contributed by atoms with E-state index in [-0.39, 0.29) is 5.82 Å². The van der Waals surface area contributed by atoms with Gasteiger partial charge in [-0.3, -0.25) is 0 Å². The van der Waals surface area contributed by atoms with Crippen molar-refractivity contribution < 1.29 is 4.39 Å². The SMILES string of the molecule is Fc1ccc(Nc2nc3ccc(Cl)cc3s2)c(I)c1. The molecule has 6 heteroatoms. The van der Waals surface area contributed by atoms with Crippen molar-refractivity contribution in [1.82, 2.24) is 4.98 Å². The number of nitrogens with one attached hydrogen (secondary N) is 1. The Hall–Kier alpha value is -0.920. The summed E-state index contributed by atoms with van der Waals surface area (Å²) in [6, 6.07) is 10.2. The lowest BCUT2D eigenvalue weighted by Crippen LogP contribution is -1.92. The third kappa shape index (κ3) is 2.82. The number of hydrogen-bond acceptors (Lipinski definition) is 3. The highest BCUT2D eigenvalue weighted by Gasteiger charge is 2.07. The van der Waals surface area contributed by atoms with E-state index in [1.165, 1.54) is 23.5 Å². The summed E-state index contributed by atoms with van der Waals surface area (Å²) >= 11 is 9.55. The Labute approximate surface area is 131 Å². The maximum Gasteiger partial charge on any atom is 0.188 e. The van der Waals surface area contributed by atoms with Gasteiger partial charge >= 0.3 is 0 Å². The zero-order chi connectivity index (χ0) is 13.4. The summed E-state index contributed by atoms with van der Waals surface area (Å²) < 4.78 is 14.9. The van der Waals surface area contributed by atoms with Crippen molar-refractivity contribution in [2.24, 2.45) is 0 Å². The van der Waals surface area contributed by atoms with Crippen LogP contribution in [0.15, 0.2) is 36.4 Å². The lowest BCUT2D eigenvalue weighted by Gasteiger charge is -2.04. The van der Waals surface area contributed by atoms with Gasteiger partial charge in [0.2, 0.25) is 0 Å². The largest absolute Gasteiger partial charge is 0.331 e. The van der Waals surface area contributed by atoms with E-state index in [0.717, 1.165) is 24.6 Å². The van der Waals surface area contributed by atoms with Crippen LogP contribution >= 0.6 is 45.5 Å². The van der Waals surface area contributed by atoms with Crippen molar-refractivity contribution in [1.29, 1.82) is 0 Å². The second-order valence-corrected chi connectivity index (χ2v) is 6.51. The van der Waals surface area contributed by atoms with Crippen LogP contribution in [-0.2, 0) is 0 Å². The van der Waals surface area contributed by atoms with Crippen molar-refractivity contribution in [3.05, 3.63) is 50.8 Å². The second kappa shape index (κ2) is 5.22. The quantitative estimate of drug-likeness (QED) is 0.576. The molecule has 19 heavy (non-hydrogen) atoms. The van der Waals surface area contributed by atoms with E-state index in [0.29, 0.717) is 5.02 Å². The Morgan fingerprint density at radius 2 is 2.05 bits per heavy atom. The van der Waals surface area contributed by atoms with E-state index >= 15 is 0 Å². The van der Waals surface area contributed by atoms with E-state index in [1.54, 1.807) is 6.07 Å². The highest BCUT2D eigenvalue weighted by Crippen LogP contribution is 2.31. The molecule has 0 bridgehead atoms. The number of benzene rings is 2. The number of hydrogen-bond donors (Lipinski definition) is 1. The molecule has 0 aliphatic carbocycles. The summed E-state index contributed by atoms with van der Waals surface area (Å²) in [5.74, 6) is -0.244. The number of anilines is 2. The zero-order valence-electron chi connectivity index (χ0n) is 9.45. The predicted molar refractivity (Wildman–Crippen MR) is 87.0 cm³/mol. The first-order valence-electron chi connectivity index (χ1n) is 5.40. The zero-order valence-corrected chi connectivity index (χ0v) is 13.2. The van der Waals surface area contributed by atoms with Crippen LogP contribution in [0.2, 0.25) is 5.02 Å². The summed E-state index contributed by atoms with van der Waals surface area (Å²) in [5, 5.41) is 4.66. The second-order valence-electron chi connectivity index (χ2n) is 3.88. The molecule has 1 aromatic heterocycles. The van der Waals surface area contributed by atoms with Crippen molar-refractivity contribution in [3.63, 3.8) is 0 Å². The van der Waals surface area contributed by atoms with Crippen LogP contribution in [0.4, 0.5) is 15.2 Å². The molecule has 3 rings (SSSR count). The van der Waals surface area contributed by atoms with E-state index in [9.17, 15) is 4.39 Å². The Morgan fingerprint density at radius 1 is 1.21 bits per heavy atom. The third-order valence-corrected chi connectivity index (χ3v) is 4.58. The molecule has 96 valence electrons. The molecular weight excluding hydrogens is 398 g/mol. The van der Waals surface area contributed by atoms with Crippen molar-refractivity contribution in [2.45, 2.75) is 0 Å². The minimum Gasteiger partial charge on any atom is -0.331 e. The number of nitrogens with zero attached hydrogens (tertiary/aromatic N) is 1. The van der Waals surface area contributed by atoms with Gasteiger partial charge in [-0.25, -0.2) is 9.37 Å². The molecule has 0 fully saturated rings. The number of thiazole rings is 1. The molecule has 0 spiro atoms. The van der Waals surface area contributed by atoms with Crippen molar-refractivity contribution >= 4 is 66.6 Å². The first kappa shape index (κ1) is 13.1. The maximum absolute atomic E-state index is 13.0. The fraction of sp³-hybridized carbons (Fsp3) is 0. The van der Waals surface area contributed by atoms with Crippen LogP contribution < -0.4 is 5.32 Å². The van der Waals surface area contributed by atoms with Gasteiger partial charge in [-0.2, -0.15) is 0 Å². The highest BCUT2D eigenvalue weighted by molar-refractivity contribution is 14.1. The number of fused-ring (bicyclic) bond motifs is 1. The average Bonchev–Trinajstić information content (AvgIpc) is 2.74.